The minimum Gasteiger partial charge on any atom is -0.494 e. The average molecular weight is 376 g/mol. The molecule has 0 radical (unpaired) electrons. The van der Waals surface area contributed by atoms with Gasteiger partial charge in [-0.05, 0) is 31.5 Å². The number of nitrogens with one attached hydrogen (secondary N) is 1. The van der Waals surface area contributed by atoms with Crippen LogP contribution in [-0.4, -0.2) is 33.7 Å². The third-order valence-electron chi connectivity index (χ3n) is 3.78. The first-order valence-corrected chi connectivity index (χ1v) is 10.2. The van der Waals surface area contributed by atoms with Crippen LogP contribution in [0.2, 0.25) is 0 Å². The van der Waals surface area contributed by atoms with Crippen LogP contribution >= 0.6 is 0 Å². The first kappa shape index (κ1) is 19.8. The number of hydrogen-bond acceptors (Lipinski definition) is 4. The molecule has 6 nitrogen and oxygen atoms in total. The van der Waals surface area contributed by atoms with Gasteiger partial charge < -0.3 is 10.1 Å². The lowest BCUT2D eigenvalue weighted by Crippen LogP contribution is -2.41. The SMILES string of the molecule is CCOc1cccc(N(CC(=O)N[C@@H](C)c2ccccc2)S(C)(=O)=O)c1. The number of ether oxygens (including phenoxy) is 1. The highest BCUT2D eigenvalue weighted by Crippen LogP contribution is 2.23. The third-order valence-corrected chi connectivity index (χ3v) is 4.92. The Morgan fingerprint density at radius 3 is 2.46 bits per heavy atom. The lowest BCUT2D eigenvalue weighted by Gasteiger charge is -2.23. The molecule has 26 heavy (non-hydrogen) atoms. The number of benzene rings is 2. The van der Waals surface area contributed by atoms with E-state index in [-0.39, 0.29) is 18.5 Å². The van der Waals surface area contributed by atoms with Gasteiger partial charge in [0, 0.05) is 6.07 Å². The zero-order chi connectivity index (χ0) is 19.2. The number of hydrogen-bond donors (Lipinski definition) is 1. The van der Waals surface area contributed by atoms with Gasteiger partial charge in [-0.3, -0.25) is 9.10 Å². The van der Waals surface area contributed by atoms with E-state index in [1.54, 1.807) is 24.3 Å². The molecule has 1 atom stereocenters. The molecule has 0 aromatic heterocycles. The van der Waals surface area contributed by atoms with Crippen LogP contribution in [-0.2, 0) is 14.8 Å². The standard InChI is InChI=1S/C19H24N2O4S/c1-4-25-18-12-8-11-17(13-18)21(26(3,23)24)14-19(22)20-15(2)16-9-6-5-7-10-16/h5-13,15H,4,14H2,1-3H3,(H,20,22)/t15-/m0/s1. The van der Waals surface area contributed by atoms with Crippen LogP contribution in [0.15, 0.2) is 54.6 Å². The number of nitrogens with zero attached hydrogens (tertiary/aromatic N) is 1. The number of sulfonamides is 1. The zero-order valence-corrected chi connectivity index (χ0v) is 16.0. The summed E-state index contributed by atoms with van der Waals surface area (Å²) >= 11 is 0. The summed E-state index contributed by atoms with van der Waals surface area (Å²) in [5.41, 5.74) is 1.34. The molecule has 0 aliphatic rings. The molecule has 1 N–H and O–H groups in total. The highest BCUT2D eigenvalue weighted by atomic mass is 32.2. The second-order valence-electron chi connectivity index (χ2n) is 5.90. The van der Waals surface area contributed by atoms with Gasteiger partial charge in [0.2, 0.25) is 15.9 Å². The van der Waals surface area contributed by atoms with E-state index < -0.39 is 10.0 Å². The Bertz CT molecular complexity index is 838. The number of carbonyl (C=O) groups is 1. The average Bonchev–Trinajstić information content (AvgIpc) is 2.60. The minimum atomic E-state index is -3.63. The molecule has 0 aliphatic heterocycles. The van der Waals surface area contributed by atoms with Crippen LogP contribution in [0, 0.1) is 0 Å². The van der Waals surface area contributed by atoms with Crippen LogP contribution in [0.25, 0.3) is 0 Å². The van der Waals surface area contributed by atoms with E-state index in [0.717, 1.165) is 16.1 Å². The van der Waals surface area contributed by atoms with Crippen molar-refractivity contribution < 1.29 is 17.9 Å². The molecule has 1 amide bonds. The summed E-state index contributed by atoms with van der Waals surface area (Å²) in [6.07, 6.45) is 1.08. The Morgan fingerprint density at radius 1 is 1.15 bits per heavy atom. The van der Waals surface area contributed by atoms with Crippen molar-refractivity contribution in [1.29, 1.82) is 0 Å². The Balaban J connectivity index is 2.16. The van der Waals surface area contributed by atoms with Gasteiger partial charge in [0.1, 0.15) is 12.3 Å². The third kappa shape index (κ3) is 5.49. The van der Waals surface area contributed by atoms with Gasteiger partial charge in [-0.15, -0.1) is 0 Å². The Morgan fingerprint density at radius 2 is 1.85 bits per heavy atom. The predicted molar refractivity (Wildman–Crippen MR) is 103 cm³/mol. The van der Waals surface area contributed by atoms with Crippen molar-refractivity contribution in [3.05, 3.63) is 60.2 Å². The number of rotatable bonds is 8. The quantitative estimate of drug-likeness (QED) is 0.769. The summed E-state index contributed by atoms with van der Waals surface area (Å²) in [5, 5.41) is 2.83. The number of amides is 1. The van der Waals surface area contributed by atoms with E-state index in [2.05, 4.69) is 5.32 Å². The molecule has 2 aromatic carbocycles. The minimum absolute atomic E-state index is 0.222. The molecule has 0 saturated heterocycles. The topological polar surface area (TPSA) is 75.7 Å². The van der Waals surface area contributed by atoms with Gasteiger partial charge in [0.05, 0.1) is 24.6 Å². The zero-order valence-electron chi connectivity index (χ0n) is 15.2. The number of anilines is 1. The highest BCUT2D eigenvalue weighted by molar-refractivity contribution is 7.92. The molecule has 0 saturated carbocycles. The molecule has 2 aromatic rings. The van der Waals surface area contributed by atoms with Crippen LogP contribution in [0.3, 0.4) is 0 Å². The molecule has 7 heteroatoms. The van der Waals surface area contributed by atoms with Gasteiger partial charge in [-0.25, -0.2) is 8.42 Å². The molecule has 0 spiro atoms. The summed E-state index contributed by atoms with van der Waals surface area (Å²) < 4.78 is 30.9. The molecule has 0 heterocycles. The van der Waals surface area contributed by atoms with Crippen LogP contribution in [0.4, 0.5) is 5.69 Å². The Hall–Kier alpha value is -2.54. The van der Waals surface area contributed by atoms with Crippen LogP contribution in [0.1, 0.15) is 25.5 Å². The van der Waals surface area contributed by atoms with Crippen molar-refractivity contribution in [3.63, 3.8) is 0 Å². The second kappa shape index (κ2) is 8.71. The van der Waals surface area contributed by atoms with E-state index in [0.29, 0.717) is 18.0 Å². The molecule has 0 bridgehead atoms. The van der Waals surface area contributed by atoms with Crippen LogP contribution < -0.4 is 14.4 Å². The van der Waals surface area contributed by atoms with Gasteiger partial charge in [0.25, 0.3) is 0 Å². The van der Waals surface area contributed by atoms with E-state index in [9.17, 15) is 13.2 Å². The molecule has 0 fully saturated rings. The first-order chi connectivity index (χ1) is 12.3. The summed E-state index contributed by atoms with van der Waals surface area (Å²) in [7, 11) is -3.63. The first-order valence-electron chi connectivity index (χ1n) is 8.36. The normalized spacial score (nSPS) is 12.3. The van der Waals surface area contributed by atoms with Gasteiger partial charge in [0.15, 0.2) is 0 Å². The molecule has 140 valence electrons. The Labute approximate surface area is 154 Å². The molecular formula is C19H24N2O4S. The Kier molecular flexibility index (Phi) is 6.63. The van der Waals surface area contributed by atoms with Crippen molar-refractivity contribution in [2.24, 2.45) is 0 Å². The van der Waals surface area contributed by atoms with Crippen LogP contribution in [0.5, 0.6) is 5.75 Å². The predicted octanol–water partition coefficient (Wildman–Crippen LogP) is 2.73. The number of carbonyl (C=O) groups excluding carboxylic acids is 1. The lowest BCUT2D eigenvalue weighted by molar-refractivity contribution is -0.120. The van der Waals surface area contributed by atoms with E-state index in [1.807, 2.05) is 44.2 Å². The summed E-state index contributed by atoms with van der Waals surface area (Å²) in [5.74, 6) is 0.172. The van der Waals surface area contributed by atoms with Crippen molar-refractivity contribution in [2.75, 3.05) is 23.7 Å². The lowest BCUT2D eigenvalue weighted by atomic mass is 10.1. The van der Waals surface area contributed by atoms with Crippen molar-refractivity contribution in [1.82, 2.24) is 5.32 Å². The second-order valence-corrected chi connectivity index (χ2v) is 7.81. The fraction of sp³-hybridized carbons (Fsp3) is 0.316. The molecule has 0 unspecified atom stereocenters. The van der Waals surface area contributed by atoms with E-state index in [4.69, 9.17) is 4.74 Å². The fourth-order valence-corrected chi connectivity index (χ4v) is 3.39. The van der Waals surface area contributed by atoms with Crippen molar-refractivity contribution in [3.8, 4) is 5.75 Å². The molecule has 0 aliphatic carbocycles. The van der Waals surface area contributed by atoms with E-state index in [1.165, 1.54) is 0 Å². The van der Waals surface area contributed by atoms with Gasteiger partial charge in [-0.2, -0.15) is 0 Å². The van der Waals surface area contributed by atoms with Crippen molar-refractivity contribution in [2.45, 2.75) is 19.9 Å². The monoisotopic (exact) mass is 376 g/mol. The smallest absolute Gasteiger partial charge is 0.241 e. The maximum absolute atomic E-state index is 12.4. The maximum atomic E-state index is 12.4. The largest absolute Gasteiger partial charge is 0.494 e. The van der Waals surface area contributed by atoms with Gasteiger partial charge in [-0.1, -0.05) is 36.4 Å². The van der Waals surface area contributed by atoms with E-state index >= 15 is 0 Å². The summed E-state index contributed by atoms with van der Waals surface area (Å²) in [4.78, 5) is 12.4. The van der Waals surface area contributed by atoms with Crippen molar-refractivity contribution >= 4 is 21.6 Å². The van der Waals surface area contributed by atoms with Gasteiger partial charge >= 0.3 is 0 Å². The summed E-state index contributed by atoms with van der Waals surface area (Å²) in [6, 6.07) is 16.0. The maximum Gasteiger partial charge on any atom is 0.241 e. The fourth-order valence-electron chi connectivity index (χ4n) is 2.54. The molecule has 2 rings (SSSR count). The summed E-state index contributed by atoms with van der Waals surface area (Å²) in [6.45, 7) is 3.87. The highest BCUT2D eigenvalue weighted by Gasteiger charge is 2.22. The molecular weight excluding hydrogens is 352 g/mol.